The summed E-state index contributed by atoms with van der Waals surface area (Å²) in [6.45, 7) is 5.73. The van der Waals surface area contributed by atoms with Gasteiger partial charge in [-0.25, -0.2) is 4.57 Å². The molecular formula is C24H29N2O7P. The molecule has 34 heavy (non-hydrogen) atoms. The normalized spacial score (nSPS) is 14.1. The molecule has 2 atom stereocenters. The lowest BCUT2D eigenvalue weighted by Crippen LogP contribution is -2.36. The number of hydrogen-bond acceptors (Lipinski definition) is 8. The maximum Gasteiger partial charge on any atom is 0.459 e. The highest BCUT2D eigenvalue weighted by Crippen LogP contribution is 2.47. The molecular weight excluding hydrogens is 459 g/mol. The minimum Gasteiger partial charge on any atom is -0.506 e. The van der Waals surface area contributed by atoms with Crippen molar-refractivity contribution in [1.29, 1.82) is 0 Å². The Morgan fingerprint density at radius 2 is 1.85 bits per heavy atom. The number of carbonyl (C=O) groups excluding carboxylic acids is 1. The van der Waals surface area contributed by atoms with Gasteiger partial charge in [0, 0.05) is 22.7 Å². The SMILES string of the molecule is Cc1ncc(COP(=O)(N[C@@H](C)C(=O)OC(C)C)Oc2cccc3ccccc23)c(CO)c1O. The van der Waals surface area contributed by atoms with Gasteiger partial charge in [-0.1, -0.05) is 36.4 Å². The Kier molecular flexibility index (Phi) is 8.28. The van der Waals surface area contributed by atoms with Crippen LogP contribution in [-0.2, 0) is 31.8 Å². The standard InChI is InChI=1S/C24H29N2O7P/c1-15(2)32-24(29)17(4)26-34(30,31-14-19-12-25-16(3)23(28)21(19)13-27)33-22-11-7-9-18-8-5-6-10-20(18)22/h5-12,15,17,27-28H,13-14H2,1-4H3,(H,26,30)/t17-,34?/m0/s1. The first-order valence-corrected chi connectivity index (χ1v) is 12.3. The zero-order valence-corrected chi connectivity index (χ0v) is 20.4. The van der Waals surface area contributed by atoms with Crippen molar-refractivity contribution in [1.82, 2.24) is 10.1 Å². The van der Waals surface area contributed by atoms with Crippen LogP contribution in [0.3, 0.4) is 0 Å². The minimum atomic E-state index is -4.16. The molecule has 0 amide bonds. The zero-order chi connectivity index (χ0) is 24.9. The zero-order valence-electron chi connectivity index (χ0n) is 19.5. The van der Waals surface area contributed by atoms with E-state index in [0.29, 0.717) is 22.4 Å². The topological polar surface area (TPSA) is 127 Å². The largest absolute Gasteiger partial charge is 0.506 e. The summed E-state index contributed by atoms with van der Waals surface area (Å²) < 4.78 is 30.6. The summed E-state index contributed by atoms with van der Waals surface area (Å²) in [6, 6.07) is 11.7. The van der Waals surface area contributed by atoms with Gasteiger partial charge in [-0.3, -0.25) is 14.3 Å². The number of hydrogen-bond donors (Lipinski definition) is 3. The molecule has 0 spiro atoms. The van der Waals surface area contributed by atoms with Crippen LogP contribution in [0.5, 0.6) is 11.5 Å². The van der Waals surface area contributed by atoms with Crippen LogP contribution >= 0.6 is 7.75 Å². The summed E-state index contributed by atoms with van der Waals surface area (Å²) in [5.41, 5.74) is 0.870. The average molecular weight is 488 g/mol. The van der Waals surface area contributed by atoms with Crippen molar-refractivity contribution in [3.63, 3.8) is 0 Å². The first kappa shape index (κ1) is 25.6. The molecule has 3 rings (SSSR count). The van der Waals surface area contributed by atoms with Gasteiger partial charge in [-0.05, 0) is 39.1 Å². The Hall–Kier alpha value is -2.97. The van der Waals surface area contributed by atoms with E-state index in [1.807, 2.05) is 30.3 Å². The van der Waals surface area contributed by atoms with Gasteiger partial charge in [0.05, 0.1) is 25.0 Å². The molecule has 10 heteroatoms. The Morgan fingerprint density at radius 1 is 1.15 bits per heavy atom. The summed E-state index contributed by atoms with van der Waals surface area (Å²) in [5, 5.41) is 24.1. The molecule has 3 aromatic rings. The number of fused-ring (bicyclic) bond motifs is 1. The van der Waals surface area contributed by atoms with Crippen molar-refractivity contribution in [2.75, 3.05) is 0 Å². The minimum absolute atomic E-state index is 0.171. The Labute approximate surface area is 198 Å². The van der Waals surface area contributed by atoms with Gasteiger partial charge in [0.25, 0.3) is 0 Å². The molecule has 3 N–H and O–H groups in total. The monoisotopic (exact) mass is 488 g/mol. The fourth-order valence-electron chi connectivity index (χ4n) is 3.26. The summed E-state index contributed by atoms with van der Waals surface area (Å²) in [5.74, 6) is -0.494. The number of aromatic nitrogens is 1. The number of carbonyl (C=O) groups is 1. The third-order valence-corrected chi connectivity index (χ3v) is 6.61. The number of ether oxygens (including phenoxy) is 1. The molecule has 1 aromatic heterocycles. The maximum atomic E-state index is 13.8. The number of aryl methyl sites for hydroxylation is 1. The molecule has 2 aromatic carbocycles. The van der Waals surface area contributed by atoms with Crippen LogP contribution < -0.4 is 9.61 Å². The molecule has 0 fully saturated rings. The highest BCUT2D eigenvalue weighted by Gasteiger charge is 2.33. The molecule has 1 unspecified atom stereocenters. The van der Waals surface area contributed by atoms with Crippen molar-refractivity contribution >= 4 is 24.5 Å². The summed E-state index contributed by atoms with van der Waals surface area (Å²) in [4.78, 5) is 16.4. The van der Waals surface area contributed by atoms with E-state index in [-0.39, 0.29) is 24.0 Å². The van der Waals surface area contributed by atoms with Crippen molar-refractivity contribution in [3.05, 3.63) is 65.5 Å². The number of nitrogens with zero attached hydrogens (tertiary/aromatic N) is 1. The Bertz CT molecular complexity index is 1210. The summed E-state index contributed by atoms with van der Waals surface area (Å²) in [7, 11) is -4.16. The molecule has 0 radical (unpaired) electrons. The second kappa shape index (κ2) is 11.0. The van der Waals surface area contributed by atoms with Gasteiger partial charge < -0.3 is 19.5 Å². The number of pyridine rings is 1. The van der Waals surface area contributed by atoms with Crippen LogP contribution in [0.2, 0.25) is 0 Å². The van der Waals surface area contributed by atoms with Crippen LogP contribution in [0.25, 0.3) is 10.8 Å². The maximum absolute atomic E-state index is 13.8. The number of esters is 1. The molecule has 9 nitrogen and oxygen atoms in total. The fourth-order valence-corrected chi connectivity index (χ4v) is 4.75. The number of aliphatic hydroxyl groups excluding tert-OH is 1. The fraction of sp³-hybridized carbons (Fsp3) is 0.333. The second-order valence-electron chi connectivity index (χ2n) is 8.03. The van der Waals surface area contributed by atoms with Crippen LogP contribution in [0.1, 0.15) is 37.6 Å². The van der Waals surface area contributed by atoms with Gasteiger partial charge in [0.15, 0.2) is 0 Å². The quantitative estimate of drug-likeness (QED) is 0.281. The summed E-state index contributed by atoms with van der Waals surface area (Å²) in [6.07, 6.45) is 1.06. The lowest BCUT2D eigenvalue weighted by atomic mass is 10.1. The molecule has 182 valence electrons. The van der Waals surface area contributed by atoms with E-state index in [2.05, 4.69) is 10.1 Å². The lowest BCUT2D eigenvalue weighted by molar-refractivity contribution is -0.149. The van der Waals surface area contributed by atoms with Crippen molar-refractivity contribution < 1.29 is 33.4 Å². The first-order valence-electron chi connectivity index (χ1n) is 10.8. The molecule has 0 aliphatic heterocycles. The van der Waals surface area contributed by atoms with Crippen LogP contribution in [-0.4, -0.2) is 33.3 Å². The molecule has 0 saturated heterocycles. The third-order valence-electron chi connectivity index (χ3n) is 5.00. The Balaban J connectivity index is 1.92. The molecule has 0 saturated carbocycles. The van der Waals surface area contributed by atoms with Gasteiger partial charge in [0.1, 0.15) is 17.5 Å². The number of aromatic hydroxyl groups is 1. The van der Waals surface area contributed by atoms with E-state index in [1.54, 1.807) is 32.9 Å². The smallest absolute Gasteiger partial charge is 0.459 e. The number of aliphatic hydroxyl groups is 1. The van der Waals surface area contributed by atoms with Crippen molar-refractivity contribution in [2.24, 2.45) is 0 Å². The van der Waals surface area contributed by atoms with E-state index in [4.69, 9.17) is 13.8 Å². The predicted octanol–water partition coefficient (Wildman–Crippen LogP) is 4.37. The van der Waals surface area contributed by atoms with Gasteiger partial charge >= 0.3 is 13.7 Å². The van der Waals surface area contributed by atoms with Gasteiger partial charge in [-0.15, -0.1) is 0 Å². The van der Waals surface area contributed by atoms with Crippen molar-refractivity contribution in [3.8, 4) is 11.5 Å². The van der Waals surface area contributed by atoms with E-state index in [0.717, 1.165) is 5.39 Å². The number of rotatable bonds is 10. The lowest BCUT2D eigenvalue weighted by Gasteiger charge is -2.24. The van der Waals surface area contributed by atoms with Crippen LogP contribution in [0.4, 0.5) is 0 Å². The van der Waals surface area contributed by atoms with Crippen molar-refractivity contribution in [2.45, 2.75) is 53.1 Å². The van der Waals surface area contributed by atoms with E-state index < -0.39 is 26.4 Å². The predicted molar refractivity (Wildman–Crippen MR) is 127 cm³/mol. The van der Waals surface area contributed by atoms with Crippen LogP contribution in [0.15, 0.2) is 48.7 Å². The molecule has 1 heterocycles. The second-order valence-corrected chi connectivity index (χ2v) is 9.72. The number of benzene rings is 2. The highest BCUT2D eigenvalue weighted by molar-refractivity contribution is 7.52. The van der Waals surface area contributed by atoms with Gasteiger partial charge in [0.2, 0.25) is 0 Å². The third kappa shape index (κ3) is 6.12. The molecule has 0 aliphatic carbocycles. The first-order chi connectivity index (χ1) is 16.1. The van der Waals surface area contributed by atoms with E-state index in [1.165, 1.54) is 13.1 Å². The molecule has 0 aliphatic rings. The Morgan fingerprint density at radius 3 is 2.56 bits per heavy atom. The van der Waals surface area contributed by atoms with E-state index >= 15 is 0 Å². The van der Waals surface area contributed by atoms with Gasteiger partial charge in [-0.2, -0.15) is 5.09 Å². The average Bonchev–Trinajstić information content (AvgIpc) is 2.79. The molecule has 0 bridgehead atoms. The van der Waals surface area contributed by atoms with Crippen LogP contribution in [0, 0.1) is 6.92 Å². The summed E-state index contributed by atoms with van der Waals surface area (Å²) >= 11 is 0. The number of nitrogens with one attached hydrogen (secondary N) is 1. The van der Waals surface area contributed by atoms with E-state index in [9.17, 15) is 19.6 Å². The highest BCUT2D eigenvalue weighted by atomic mass is 31.2.